The van der Waals surface area contributed by atoms with Crippen LogP contribution >= 0.6 is 11.8 Å². The smallest absolute Gasteiger partial charge is 0.246 e. The van der Waals surface area contributed by atoms with Crippen LogP contribution in [0.3, 0.4) is 0 Å². The average Bonchev–Trinajstić information content (AvgIpc) is 3.32. The molecular formula is C48H68FN11O12S. The molecule has 3 unspecified atom stereocenters. The quantitative estimate of drug-likeness (QED) is 0.0711. The van der Waals surface area contributed by atoms with Gasteiger partial charge >= 0.3 is 0 Å². The molecule has 23 nitrogen and oxygen atoms in total. The normalized spacial score (nSPS) is 20.4. The molecule has 0 saturated carbocycles. The molecule has 1 aliphatic rings. The fourth-order valence-electron chi connectivity index (χ4n) is 7.44. The van der Waals surface area contributed by atoms with Crippen molar-refractivity contribution in [2.75, 3.05) is 24.6 Å². The van der Waals surface area contributed by atoms with Crippen molar-refractivity contribution in [2.24, 2.45) is 29.0 Å². The predicted molar refractivity (Wildman–Crippen MR) is 265 cm³/mol. The van der Waals surface area contributed by atoms with E-state index in [0.717, 1.165) is 28.8 Å². The molecule has 25 heteroatoms. The van der Waals surface area contributed by atoms with Gasteiger partial charge in [0, 0.05) is 31.6 Å². The molecule has 1 heterocycles. The molecule has 2 aromatic rings. The van der Waals surface area contributed by atoms with Crippen LogP contribution in [0.25, 0.3) is 0 Å². The summed E-state index contributed by atoms with van der Waals surface area (Å²) in [4.78, 5) is 148. The zero-order valence-electron chi connectivity index (χ0n) is 41.3. The number of nitrogens with one attached hydrogen (secondary N) is 7. The highest BCUT2D eigenvalue weighted by molar-refractivity contribution is 7.99. The zero-order valence-corrected chi connectivity index (χ0v) is 42.1. The first-order chi connectivity index (χ1) is 34.4. The molecule has 0 bridgehead atoms. The Hall–Kier alpha value is -7.31. The van der Waals surface area contributed by atoms with E-state index in [2.05, 4.69) is 37.2 Å². The number of nitrogens with two attached hydrogens (primary N) is 3. The third-order valence-electron chi connectivity index (χ3n) is 11.5. The maximum atomic E-state index is 14.8. The van der Waals surface area contributed by atoms with Crippen molar-refractivity contribution in [1.82, 2.24) is 42.1 Å². The van der Waals surface area contributed by atoms with Crippen LogP contribution in [-0.4, -0.2) is 136 Å². The maximum absolute atomic E-state index is 14.8. The first kappa shape index (κ1) is 60.0. The Labute approximate surface area is 426 Å². The standard InChI is InChI=1S/C48H68FN11O12S/c1-5-27(4)42-47(71)56-32(16-17-37(50)62)44(68)57-35(21-38(51)63)45(69)58-36(25-73-18-6-7-40(65)54-34(46(70)59-42)20-28-10-14-31(61)15-11-28)48(72)60(23-29-8-12-30(49)13-9-29)24-41(66)55-33(19-26(2)3)43(67)53-22-39(52)64/h8-15,26-27,32-36,42,61H,5-7,16-25H2,1-4H3,(H2,50,62)(H2,51,63)(H2,52,64)(H,53,67)(H,54,65)(H,55,66)(H,56,71)(H,57,68)(H,58,69)(H,59,70)/t27-,32?,33-,34?,35-,36?,42-/m0/s1. The maximum Gasteiger partial charge on any atom is 0.246 e. The van der Waals surface area contributed by atoms with Gasteiger partial charge in [-0.2, -0.15) is 11.8 Å². The van der Waals surface area contributed by atoms with Crippen molar-refractivity contribution >= 4 is 76.7 Å². The van der Waals surface area contributed by atoms with Gasteiger partial charge in [-0.3, -0.25) is 52.7 Å². The molecule has 0 spiro atoms. The molecule has 14 N–H and O–H groups in total. The van der Waals surface area contributed by atoms with Crippen LogP contribution in [-0.2, 0) is 65.7 Å². The van der Waals surface area contributed by atoms with Gasteiger partial charge in [0.25, 0.3) is 0 Å². The summed E-state index contributed by atoms with van der Waals surface area (Å²) in [5.74, 6) is -11.1. The largest absolute Gasteiger partial charge is 0.508 e. The van der Waals surface area contributed by atoms with Crippen LogP contribution in [0.15, 0.2) is 48.5 Å². The molecule has 1 saturated heterocycles. The molecule has 1 aliphatic heterocycles. The highest BCUT2D eigenvalue weighted by Crippen LogP contribution is 2.17. The Balaban J connectivity index is 2.11. The number of phenols is 1. The number of halogens is 1. The minimum atomic E-state index is -1.80. The first-order valence-corrected chi connectivity index (χ1v) is 24.9. The Bertz CT molecular complexity index is 2290. The van der Waals surface area contributed by atoms with Gasteiger partial charge in [0.15, 0.2) is 0 Å². The molecule has 0 aliphatic carbocycles. The van der Waals surface area contributed by atoms with Crippen LogP contribution in [0.2, 0.25) is 0 Å². The van der Waals surface area contributed by atoms with Gasteiger partial charge in [-0.25, -0.2) is 4.39 Å². The molecule has 73 heavy (non-hydrogen) atoms. The van der Waals surface area contributed by atoms with E-state index in [4.69, 9.17) is 17.2 Å². The number of amides is 11. The average molecular weight is 1040 g/mol. The van der Waals surface area contributed by atoms with Crippen LogP contribution < -0.4 is 54.4 Å². The summed E-state index contributed by atoms with van der Waals surface area (Å²) >= 11 is 1.10. The summed E-state index contributed by atoms with van der Waals surface area (Å²) < 4.78 is 14.0. The van der Waals surface area contributed by atoms with Crippen molar-refractivity contribution in [3.05, 3.63) is 65.5 Å². The van der Waals surface area contributed by atoms with Crippen LogP contribution in [0, 0.1) is 17.7 Å². The van der Waals surface area contributed by atoms with E-state index in [1.165, 1.54) is 24.3 Å². The van der Waals surface area contributed by atoms with E-state index < -0.39 is 145 Å². The monoisotopic (exact) mass is 1040 g/mol. The number of thioether (sulfide) groups is 1. The van der Waals surface area contributed by atoms with Crippen molar-refractivity contribution in [3.8, 4) is 5.75 Å². The van der Waals surface area contributed by atoms with E-state index in [0.29, 0.717) is 17.5 Å². The van der Waals surface area contributed by atoms with E-state index in [1.807, 2.05) is 0 Å². The van der Waals surface area contributed by atoms with Gasteiger partial charge in [-0.15, -0.1) is 0 Å². The molecule has 0 aromatic heterocycles. The minimum Gasteiger partial charge on any atom is -0.508 e. The second-order valence-electron chi connectivity index (χ2n) is 18.2. The molecule has 0 radical (unpaired) electrons. The first-order valence-electron chi connectivity index (χ1n) is 23.8. The topological polar surface area (TPSA) is 374 Å². The van der Waals surface area contributed by atoms with Gasteiger partial charge in [-0.05, 0) is 72.2 Å². The van der Waals surface area contributed by atoms with Crippen molar-refractivity contribution in [2.45, 2.75) is 122 Å². The SMILES string of the molecule is CC[C@H](C)[C@@H]1NC(=O)C(Cc2ccc(O)cc2)NC(=O)CCCSCC(C(=O)N(CC(=O)N[C@@H](CC(C)C)C(=O)NCC(N)=O)Cc2ccc(F)cc2)NC(=O)[C@H](CC(N)=O)NC(=O)C(CCC(N)=O)NC1=O. The van der Waals surface area contributed by atoms with E-state index in [1.54, 1.807) is 39.8 Å². The van der Waals surface area contributed by atoms with E-state index in [9.17, 15) is 62.2 Å². The second kappa shape index (κ2) is 29.9. The van der Waals surface area contributed by atoms with Crippen molar-refractivity contribution in [3.63, 3.8) is 0 Å². The predicted octanol–water partition coefficient (Wildman–Crippen LogP) is -1.63. The molecular weight excluding hydrogens is 974 g/mol. The van der Waals surface area contributed by atoms with Gasteiger partial charge in [0.1, 0.15) is 47.8 Å². The lowest BCUT2D eigenvalue weighted by Gasteiger charge is -2.30. The number of nitrogens with zero attached hydrogens (tertiary/aromatic N) is 1. The number of carbonyl (C=O) groups is 11. The van der Waals surface area contributed by atoms with Crippen molar-refractivity contribution in [1.29, 1.82) is 0 Å². The third-order valence-corrected chi connectivity index (χ3v) is 12.6. The summed E-state index contributed by atoms with van der Waals surface area (Å²) in [5.41, 5.74) is 17.0. The highest BCUT2D eigenvalue weighted by atomic mass is 32.2. The number of aromatic hydroxyl groups is 1. The van der Waals surface area contributed by atoms with Crippen molar-refractivity contribution < 1.29 is 62.2 Å². The van der Waals surface area contributed by atoms with Gasteiger partial charge in [0.2, 0.25) is 65.0 Å². The Morgan fingerprint density at radius 2 is 1.40 bits per heavy atom. The Kier molecular flexibility index (Phi) is 24.6. The summed E-state index contributed by atoms with van der Waals surface area (Å²) in [6.07, 6.45) is -1.28. The number of rotatable bonds is 20. The minimum absolute atomic E-state index is 0.0409. The molecule has 400 valence electrons. The number of carbonyl (C=O) groups excluding carboxylic acids is 11. The fraction of sp³-hybridized carbons (Fsp3) is 0.521. The highest BCUT2D eigenvalue weighted by Gasteiger charge is 2.36. The lowest BCUT2D eigenvalue weighted by atomic mass is 9.96. The summed E-state index contributed by atoms with van der Waals surface area (Å²) in [5, 5.41) is 27.7. The van der Waals surface area contributed by atoms with Crippen LogP contribution in [0.1, 0.15) is 83.8 Å². The summed E-state index contributed by atoms with van der Waals surface area (Å²) in [6, 6.07) is 2.14. The number of phenolic OH excluding ortho intramolecular Hbond substituents is 1. The number of primary amides is 3. The molecule has 2 aromatic carbocycles. The Morgan fingerprint density at radius 3 is 2.00 bits per heavy atom. The summed E-state index contributed by atoms with van der Waals surface area (Å²) in [7, 11) is 0. The third kappa shape index (κ3) is 21.5. The lowest BCUT2D eigenvalue weighted by Crippen LogP contribution is -2.61. The van der Waals surface area contributed by atoms with Gasteiger partial charge in [0.05, 0.1) is 19.5 Å². The fourth-order valence-corrected chi connectivity index (χ4v) is 8.41. The van der Waals surface area contributed by atoms with Crippen LogP contribution in [0.5, 0.6) is 5.75 Å². The van der Waals surface area contributed by atoms with Gasteiger partial charge in [-0.1, -0.05) is 58.4 Å². The number of benzene rings is 2. The molecule has 7 atom stereocenters. The van der Waals surface area contributed by atoms with Gasteiger partial charge < -0.3 is 64.4 Å². The lowest BCUT2D eigenvalue weighted by molar-refractivity contribution is -0.141. The number of hydrogen-bond acceptors (Lipinski definition) is 13. The summed E-state index contributed by atoms with van der Waals surface area (Å²) in [6.45, 7) is 5.37. The Morgan fingerprint density at radius 1 is 0.781 bits per heavy atom. The van der Waals surface area contributed by atoms with E-state index >= 15 is 0 Å². The second-order valence-corrected chi connectivity index (χ2v) is 19.3. The molecule has 3 rings (SSSR count). The molecule has 1 fully saturated rings. The van der Waals surface area contributed by atoms with Crippen LogP contribution in [0.4, 0.5) is 4.39 Å². The van der Waals surface area contributed by atoms with E-state index in [-0.39, 0.29) is 55.4 Å². The zero-order chi connectivity index (χ0) is 54.4. The molecule has 11 amide bonds. The number of hydrogen-bond donors (Lipinski definition) is 11.